The smallest absolute Gasteiger partial charge is 0.210 e. The van der Waals surface area contributed by atoms with Crippen molar-refractivity contribution >= 4 is 21.4 Å². The van der Waals surface area contributed by atoms with Crippen LogP contribution >= 0.6 is 0 Å². The largest absolute Gasteiger partial charge is 0.381 e. The lowest BCUT2D eigenvalue weighted by Crippen LogP contribution is -2.44. The van der Waals surface area contributed by atoms with Crippen LogP contribution in [0.2, 0.25) is 0 Å². The third kappa shape index (κ3) is 2.89. The normalized spacial score (nSPS) is 19.6. The first-order valence-electron chi connectivity index (χ1n) is 5.57. The molecule has 1 unspecified atom stereocenters. The molecular weight excluding hydrogens is 238 g/mol. The SMILES string of the molecule is CC1CNc2ccccc2N1CCS(N)(=O)=O. The van der Waals surface area contributed by atoms with Crippen molar-refractivity contribution in [3.63, 3.8) is 0 Å². The number of hydrogen-bond acceptors (Lipinski definition) is 4. The summed E-state index contributed by atoms with van der Waals surface area (Å²) < 4.78 is 22.1. The van der Waals surface area contributed by atoms with Crippen LogP contribution in [0.1, 0.15) is 6.92 Å². The second-order valence-corrected chi connectivity index (χ2v) is 6.04. The highest BCUT2D eigenvalue weighted by Crippen LogP contribution is 2.30. The van der Waals surface area contributed by atoms with Crippen molar-refractivity contribution in [2.75, 3.05) is 29.1 Å². The Morgan fingerprint density at radius 2 is 2.18 bits per heavy atom. The van der Waals surface area contributed by atoms with Crippen molar-refractivity contribution in [2.45, 2.75) is 13.0 Å². The fraction of sp³-hybridized carbons (Fsp3) is 0.455. The first-order valence-corrected chi connectivity index (χ1v) is 7.29. The van der Waals surface area contributed by atoms with Gasteiger partial charge in [0.25, 0.3) is 0 Å². The van der Waals surface area contributed by atoms with Crippen LogP contribution in [0.4, 0.5) is 11.4 Å². The van der Waals surface area contributed by atoms with Crippen LogP contribution in [0.15, 0.2) is 24.3 Å². The summed E-state index contributed by atoms with van der Waals surface area (Å²) in [4.78, 5) is 2.08. The van der Waals surface area contributed by atoms with E-state index in [1.807, 2.05) is 24.3 Å². The lowest BCUT2D eigenvalue weighted by atomic mass is 10.1. The number of nitrogens with zero attached hydrogens (tertiary/aromatic N) is 1. The van der Waals surface area contributed by atoms with Gasteiger partial charge >= 0.3 is 0 Å². The van der Waals surface area contributed by atoms with Crippen LogP contribution in [0.25, 0.3) is 0 Å². The molecular formula is C11H17N3O2S. The Morgan fingerprint density at radius 1 is 1.47 bits per heavy atom. The number of benzene rings is 1. The molecule has 1 heterocycles. The molecule has 0 amide bonds. The van der Waals surface area contributed by atoms with Crippen molar-refractivity contribution in [2.24, 2.45) is 5.14 Å². The topological polar surface area (TPSA) is 75.4 Å². The summed E-state index contributed by atoms with van der Waals surface area (Å²) in [5.74, 6) is -0.0221. The zero-order valence-electron chi connectivity index (χ0n) is 9.76. The fourth-order valence-corrected chi connectivity index (χ4v) is 2.50. The molecule has 0 spiro atoms. The van der Waals surface area contributed by atoms with Gasteiger partial charge in [0.1, 0.15) is 0 Å². The summed E-state index contributed by atoms with van der Waals surface area (Å²) in [6.07, 6.45) is 0. The highest BCUT2D eigenvalue weighted by molar-refractivity contribution is 7.89. The number of nitrogens with one attached hydrogen (secondary N) is 1. The Morgan fingerprint density at radius 3 is 2.88 bits per heavy atom. The number of rotatable bonds is 3. The van der Waals surface area contributed by atoms with Crippen LogP contribution in [-0.4, -0.2) is 33.3 Å². The number of hydrogen-bond donors (Lipinski definition) is 2. The monoisotopic (exact) mass is 255 g/mol. The number of nitrogens with two attached hydrogens (primary N) is 1. The van der Waals surface area contributed by atoms with Gasteiger partial charge in [-0.05, 0) is 19.1 Å². The predicted molar refractivity (Wildman–Crippen MR) is 69.7 cm³/mol. The molecule has 1 aliphatic rings. The van der Waals surface area contributed by atoms with E-state index >= 15 is 0 Å². The Kier molecular flexibility index (Phi) is 3.26. The maximum atomic E-state index is 11.0. The lowest BCUT2D eigenvalue weighted by Gasteiger charge is -2.37. The molecule has 0 aliphatic carbocycles. The van der Waals surface area contributed by atoms with Gasteiger partial charge in [-0.3, -0.25) is 0 Å². The third-order valence-corrected chi connectivity index (χ3v) is 3.70. The average Bonchev–Trinajstić information content (AvgIpc) is 2.26. The van der Waals surface area contributed by atoms with Gasteiger partial charge in [0.05, 0.1) is 17.1 Å². The number of para-hydroxylation sites is 2. The third-order valence-electron chi connectivity index (χ3n) is 2.95. The van der Waals surface area contributed by atoms with E-state index in [1.165, 1.54) is 0 Å². The minimum absolute atomic E-state index is 0.0221. The van der Waals surface area contributed by atoms with Gasteiger partial charge in [-0.1, -0.05) is 12.1 Å². The molecule has 5 nitrogen and oxygen atoms in total. The Bertz CT molecular complexity index is 501. The van der Waals surface area contributed by atoms with Gasteiger partial charge in [0, 0.05) is 19.1 Å². The van der Waals surface area contributed by atoms with Crippen LogP contribution in [0.5, 0.6) is 0 Å². The summed E-state index contributed by atoms with van der Waals surface area (Å²) in [7, 11) is -3.41. The Labute approximate surface area is 102 Å². The molecule has 3 N–H and O–H groups in total. The minimum atomic E-state index is -3.41. The van der Waals surface area contributed by atoms with Gasteiger partial charge in [-0.15, -0.1) is 0 Å². The highest BCUT2D eigenvalue weighted by Gasteiger charge is 2.22. The molecule has 0 saturated carbocycles. The molecule has 1 atom stereocenters. The Hall–Kier alpha value is -1.27. The molecule has 1 aromatic rings. The van der Waals surface area contributed by atoms with Gasteiger partial charge in [0.2, 0.25) is 10.0 Å². The van der Waals surface area contributed by atoms with Gasteiger partial charge in [0.15, 0.2) is 0 Å². The molecule has 0 fully saturated rings. The van der Waals surface area contributed by atoms with E-state index in [2.05, 4.69) is 17.1 Å². The van der Waals surface area contributed by atoms with Gasteiger partial charge in [-0.2, -0.15) is 0 Å². The molecule has 2 rings (SSSR count). The van der Waals surface area contributed by atoms with E-state index in [0.29, 0.717) is 6.54 Å². The van der Waals surface area contributed by atoms with Crippen LogP contribution in [0.3, 0.4) is 0 Å². The molecule has 0 saturated heterocycles. The minimum Gasteiger partial charge on any atom is -0.381 e. The molecule has 17 heavy (non-hydrogen) atoms. The van der Waals surface area contributed by atoms with Crippen LogP contribution < -0.4 is 15.4 Å². The van der Waals surface area contributed by atoms with Gasteiger partial charge in [-0.25, -0.2) is 13.6 Å². The van der Waals surface area contributed by atoms with Crippen LogP contribution in [-0.2, 0) is 10.0 Å². The molecule has 6 heteroatoms. The van der Waals surface area contributed by atoms with E-state index in [1.54, 1.807) is 0 Å². The molecule has 0 radical (unpaired) electrons. The van der Waals surface area contributed by atoms with Crippen molar-refractivity contribution in [3.8, 4) is 0 Å². The van der Waals surface area contributed by atoms with E-state index in [4.69, 9.17) is 5.14 Å². The molecule has 0 aromatic heterocycles. The van der Waals surface area contributed by atoms with E-state index in [0.717, 1.165) is 17.9 Å². The standard InChI is InChI=1S/C11H17N3O2S/c1-9-8-13-10-4-2-3-5-11(10)14(9)6-7-17(12,15)16/h2-5,9,13H,6-8H2,1H3,(H2,12,15,16). The second kappa shape index (κ2) is 4.54. The van der Waals surface area contributed by atoms with E-state index in [9.17, 15) is 8.42 Å². The summed E-state index contributed by atoms with van der Waals surface area (Å²) >= 11 is 0. The van der Waals surface area contributed by atoms with E-state index in [-0.39, 0.29) is 11.8 Å². The number of sulfonamides is 1. The summed E-state index contributed by atoms with van der Waals surface area (Å²) in [6, 6.07) is 8.14. The number of fused-ring (bicyclic) bond motifs is 1. The van der Waals surface area contributed by atoms with Crippen molar-refractivity contribution in [1.82, 2.24) is 0 Å². The molecule has 1 aliphatic heterocycles. The molecule has 0 bridgehead atoms. The molecule has 94 valence electrons. The first-order chi connectivity index (χ1) is 7.97. The van der Waals surface area contributed by atoms with E-state index < -0.39 is 10.0 Å². The predicted octanol–water partition coefficient (Wildman–Crippen LogP) is 0.596. The lowest BCUT2D eigenvalue weighted by molar-refractivity contribution is 0.591. The number of primary sulfonamides is 1. The first kappa shape index (κ1) is 12.2. The maximum Gasteiger partial charge on any atom is 0.210 e. The van der Waals surface area contributed by atoms with Crippen molar-refractivity contribution in [3.05, 3.63) is 24.3 Å². The second-order valence-electron chi connectivity index (χ2n) is 4.31. The summed E-state index contributed by atoms with van der Waals surface area (Å²) in [5.41, 5.74) is 2.08. The highest BCUT2D eigenvalue weighted by atomic mass is 32.2. The fourth-order valence-electron chi connectivity index (χ4n) is 2.05. The molecule has 1 aromatic carbocycles. The average molecular weight is 255 g/mol. The van der Waals surface area contributed by atoms with Crippen molar-refractivity contribution < 1.29 is 8.42 Å². The van der Waals surface area contributed by atoms with Gasteiger partial charge < -0.3 is 10.2 Å². The maximum absolute atomic E-state index is 11.0. The van der Waals surface area contributed by atoms with Crippen LogP contribution in [0, 0.1) is 0 Å². The quantitative estimate of drug-likeness (QED) is 0.829. The summed E-state index contributed by atoms with van der Waals surface area (Å²) in [6.45, 7) is 3.30. The van der Waals surface area contributed by atoms with Crippen molar-refractivity contribution in [1.29, 1.82) is 0 Å². The number of anilines is 2. The zero-order chi connectivity index (χ0) is 12.5. The Balaban J connectivity index is 2.21. The summed E-state index contributed by atoms with van der Waals surface area (Å²) in [5, 5.41) is 8.37. The zero-order valence-corrected chi connectivity index (χ0v) is 10.6.